The quantitative estimate of drug-likeness (QED) is 0.620. The fourth-order valence-electron chi connectivity index (χ4n) is 1.20. The van der Waals surface area contributed by atoms with Crippen molar-refractivity contribution in [1.82, 2.24) is 5.32 Å². The van der Waals surface area contributed by atoms with Crippen molar-refractivity contribution in [3.8, 4) is 0 Å². The van der Waals surface area contributed by atoms with Gasteiger partial charge in [-0.25, -0.2) is 0 Å². The summed E-state index contributed by atoms with van der Waals surface area (Å²) < 4.78 is 10.0. The molecule has 0 aliphatic carbocycles. The summed E-state index contributed by atoms with van der Waals surface area (Å²) in [6, 6.07) is -0.723. The van der Waals surface area contributed by atoms with Crippen molar-refractivity contribution < 1.29 is 14.3 Å². The second-order valence-electron chi connectivity index (χ2n) is 3.91. The number of rotatable bonds is 6. The minimum Gasteiger partial charge on any atom is -0.354 e. The van der Waals surface area contributed by atoms with E-state index in [9.17, 15) is 4.79 Å². The van der Waals surface area contributed by atoms with Gasteiger partial charge < -0.3 is 20.5 Å². The number of amides is 1. The molecule has 0 fully saturated rings. The van der Waals surface area contributed by atoms with Gasteiger partial charge in [0, 0.05) is 14.2 Å². The molecule has 1 amide bonds. The lowest BCUT2D eigenvalue weighted by Gasteiger charge is -2.24. The van der Waals surface area contributed by atoms with Crippen molar-refractivity contribution in [3.63, 3.8) is 0 Å². The maximum atomic E-state index is 11.6. The molecule has 5 nitrogen and oxygen atoms in total. The topological polar surface area (TPSA) is 73.6 Å². The molecule has 0 rings (SSSR count). The van der Waals surface area contributed by atoms with Gasteiger partial charge in [0.05, 0.1) is 12.1 Å². The van der Waals surface area contributed by atoms with Crippen LogP contribution in [0.5, 0.6) is 0 Å². The molecule has 0 aliphatic heterocycles. The van der Waals surface area contributed by atoms with Gasteiger partial charge in [-0.15, -0.1) is 0 Å². The van der Waals surface area contributed by atoms with E-state index in [-0.39, 0.29) is 17.9 Å². The number of nitrogens with two attached hydrogens (primary N) is 1. The third kappa shape index (κ3) is 4.59. The number of carbonyl (C=O) groups excluding carboxylic acids is 1. The number of nitrogens with one attached hydrogen (secondary N) is 1. The van der Waals surface area contributed by atoms with Crippen LogP contribution in [0, 0.1) is 5.92 Å². The Morgan fingerprint density at radius 3 is 2.00 bits per heavy atom. The molecule has 15 heavy (non-hydrogen) atoms. The van der Waals surface area contributed by atoms with Crippen LogP contribution in [0.25, 0.3) is 0 Å². The fraction of sp³-hybridized carbons (Fsp3) is 0.900. The van der Waals surface area contributed by atoms with Crippen LogP contribution in [0.4, 0.5) is 0 Å². The van der Waals surface area contributed by atoms with Crippen LogP contribution in [0.1, 0.15) is 20.8 Å². The van der Waals surface area contributed by atoms with E-state index < -0.39 is 12.3 Å². The first-order valence-electron chi connectivity index (χ1n) is 5.05. The zero-order valence-corrected chi connectivity index (χ0v) is 10.1. The van der Waals surface area contributed by atoms with E-state index in [4.69, 9.17) is 15.2 Å². The van der Waals surface area contributed by atoms with Gasteiger partial charge in [-0.2, -0.15) is 0 Å². The van der Waals surface area contributed by atoms with Gasteiger partial charge in [0.15, 0.2) is 6.29 Å². The molecule has 0 radical (unpaired) electrons. The smallest absolute Gasteiger partial charge is 0.237 e. The average molecular weight is 218 g/mol. The highest BCUT2D eigenvalue weighted by Crippen LogP contribution is 2.02. The molecule has 0 saturated heterocycles. The molecule has 0 aliphatic rings. The minimum atomic E-state index is -0.498. The van der Waals surface area contributed by atoms with Gasteiger partial charge in [0.1, 0.15) is 0 Å². The zero-order chi connectivity index (χ0) is 12.0. The van der Waals surface area contributed by atoms with Crippen LogP contribution in [-0.4, -0.2) is 38.5 Å². The molecule has 0 aromatic carbocycles. The van der Waals surface area contributed by atoms with Crippen molar-refractivity contribution in [2.45, 2.75) is 39.1 Å². The van der Waals surface area contributed by atoms with E-state index in [1.165, 1.54) is 14.2 Å². The molecule has 90 valence electrons. The van der Waals surface area contributed by atoms with Gasteiger partial charge in [-0.05, 0) is 12.8 Å². The normalized spacial score (nSPS) is 15.5. The van der Waals surface area contributed by atoms with Crippen LogP contribution in [0.2, 0.25) is 0 Å². The lowest BCUT2D eigenvalue weighted by Crippen LogP contribution is -2.51. The van der Waals surface area contributed by atoms with Gasteiger partial charge in [0.2, 0.25) is 5.91 Å². The molecular weight excluding hydrogens is 196 g/mol. The lowest BCUT2D eigenvalue weighted by atomic mass is 10.0. The minimum absolute atomic E-state index is 0.112. The Balaban J connectivity index is 4.16. The largest absolute Gasteiger partial charge is 0.354 e. The molecule has 0 aromatic rings. The van der Waals surface area contributed by atoms with Crippen LogP contribution < -0.4 is 11.1 Å². The first-order chi connectivity index (χ1) is 6.93. The Hall–Kier alpha value is -0.650. The third-order valence-electron chi connectivity index (χ3n) is 2.26. The van der Waals surface area contributed by atoms with E-state index in [0.717, 1.165) is 0 Å². The Bertz CT molecular complexity index is 193. The van der Waals surface area contributed by atoms with Crippen molar-refractivity contribution in [3.05, 3.63) is 0 Å². The van der Waals surface area contributed by atoms with Gasteiger partial charge in [-0.3, -0.25) is 4.79 Å². The Morgan fingerprint density at radius 2 is 1.67 bits per heavy atom. The van der Waals surface area contributed by atoms with Crippen molar-refractivity contribution >= 4 is 5.91 Å². The van der Waals surface area contributed by atoms with E-state index in [2.05, 4.69) is 5.32 Å². The second-order valence-corrected chi connectivity index (χ2v) is 3.91. The van der Waals surface area contributed by atoms with E-state index in [1.807, 2.05) is 20.8 Å². The number of methoxy groups -OCH3 is 2. The molecule has 0 heterocycles. The Kier molecular flexibility index (Phi) is 6.47. The first-order valence-corrected chi connectivity index (χ1v) is 5.05. The average Bonchev–Trinajstić information content (AvgIpc) is 2.18. The fourth-order valence-corrected chi connectivity index (χ4v) is 1.20. The first kappa shape index (κ1) is 14.3. The SMILES string of the molecule is COC(OC)C(C)NC(=O)[C@@H](N)C(C)C. The van der Waals surface area contributed by atoms with E-state index >= 15 is 0 Å². The maximum absolute atomic E-state index is 11.6. The summed E-state index contributed by atoms with van der Waals surface area (Å²) in [6.45, 7) is 5.61. The Labute approximate surface area is 91.3 Å². The number of hydrogen-bond donors (Lipinski definition) is 2. The molecule has 5 heteroatoms. The predicted octanol–water partition coefficient (Wildman–Crippen LogP) is 0.0933. The number of carbonyl (C=O) groups is 1. The van der Waals surface area contributed by atoms with Gasteiger partial charge in [-0.1, -0.05) is 13.8 Å². The molecule has 0 saturated carbocycles. The molecule has 0 bridgehead atoms. The summed E-state index contributed by atoms with van der Waals surface area (Å²) in [5.74, 6) is -0.0719. The standard InChI is InChI=1S/C10H22N2O3/c1-6(2)8(11)9(13)12-7(3)10(14-4)15-5/h6-8,10H,11H2,1-5H3,(H,12,13)/t7?,8-/m0/s1. The maximum Gasteiger partial charge on any atom is 0.237 e. The highest BCUT2D eigenvalue weighted by Gasteiger charge is 2.22. The second kappa shape index (κ2) is 6.76. The summed E-state index contributed by atoms with van der Waals surface area (Å²) in [5, 5.41) is 2.75. The predicted molar refractivity (Wildman–Crippen MR) is 58.2 cm³/mol. The summed E-state index contributed by atoms with van der Waals surface area (Å²) in [6.07, 6.45) is -0.451. The summed E-state index contributed by atoms with van der Waals surface area (Å²) in [5.41, 5.74) is 5.70. The van der Waals surface area contributed by atoms with Crippen molar-refractivity contribution in [2.75, 3.05) is 14.2 Å². The molecule has 1 unspecified atom stereocenters. The van der Waals surface area contributed by atoms with Crippen LogP contribution in [0.3, 0.4) is 0 Å². The monoisotopic (exact) mass is 218 g/mol. The van der Waals surface area contributed by atoms with E-state index in [1.54, 1.807) is 0 Å². The third-order valence-corrected chi connectivity index (χ3v) is 2.26. The summed E-state index contributed by atoms with van der Waals surface area (Å²) in [4.78, 5) is 11.6. The van der Waals surface area contributed by atoms with Crippen LogP contribution in [0.15, 0.2) is 0 Å². The zero-order valence-electron chi connectivity index (χ0n) is 10.1. The number of hydrogen-bond acceptors (Lipinski definition) is 4. The van der Waals surface area contributed by atoms with Gasteiger partial charge in [0.25, 0.3) is 0 Å². The lowest BCUT2D eigenvalue weighted by molar-refractivity contribution is -0.137. The molecule has 0 aromatic heterocycles. The van der Waals surface area contributed by atoms with E-state index in [0.29, 0.717) is 0 Å². The highest BCUT2D eigenvalue weighted by molar-refractivity contribution is 5.82. The van der Waals surface area contributed by atoms with Crippen LogP contribution >= 0.6 is 0 Å². The summed E-state index contributed by atoms with van der Waals surface area (Å²) >= 11 is 0. The summed E-state index contributed by atoms with van der Waals surface area (Å²) in [7, 11) is 3.05. The molecule has 3 N–H and O–H groups in total. The molecule has 0 spiro atoms. The van der Waals surface area contributed by atoms with Gasteiger partial charge >= 0.3 is 0 Å². The van der Waals surface area contributed by atoms with Crippen molar-refractivity contribution in [2.24, 2.45) is 11.7 Å². The molecule has 2 atom stereocenters. The number of ether oxygens (including phenoxy) is 2. The molecular formula is C10H22N2O3. The van der Waals surface area contributed by atoms with Crippen molar-refractivity contribution in [1.29, 1.82) is 0 Å². The van der Waals surface area contributed by atoms with Crippen LogP contribution in [-0.2, 0) is 14.3 Å². The highest BCUT2D eigenvalue weighted by atomic mass is 16.7. The Morgan fingerprint density at radius 1 is 1.20 bits per heavy atom.